The number of likely N-dealkylation sites (tertiary alicyclic amines) is 1. The van der Waals surface area contributed by atoms with E-state index >= 15 is 0 Å². The first-order valence-electron chi connectivity index (χ1n) is 25.7. The predicted molar refractivity (Wildman–Crippen MR) is 278 cm³/mol. The van der Waals surface area contributed by atoms with Crippen molar-refractivity contribution in [1.29, 1.82) is 0 Å². The van der Waals surface area contributed by atoms with E-state index in [-0.39, 0.29) is 22.9 Å². The molecule has 1 aromatic rings. The van der Waals surface area contributed by atoms with E-state index in [9.17, 15) is 0 Å². The van der Waals surface area contributed by atoms with Crippen molar-refractivity contribution in [1.82, 2.24) is 14.7 Å². The Bertz CT molecular complexity index is 2780. The lowest BCUT2D eigenvalue weighted by molar-refractivity contribution is 0.290. The number of fused-ring (bicyclic) bond motifs is 4. The maximum absolute atomic E-state index is 2.79. The average Bonchev–Trinajstić information content (AvgIpc) is 3.68. The van der Waals surface area contributed by atoms with Crippen molar-refractivity contribution < 1.29 is 0 Å². The third-order valence-corrected chi connectivity index (χ3v) is 16.4. The van der Waals surface area contributed by atoms with Crippen LogP contribution in [-0.2, 0) is 0 Å². The molecule has 6 unspecified atom stereocenters. The van der Waals surface area contributed by atoms with Gasteiger partial charge in [-0.05, 0) is 135 Å². The zero-order valence-corrected chi connectivity index (χ0v) is 40.7. The van der Waals surface area contributed by atoms with Crippen LogP contribution in [0, 0.1) is 28.6 Å². The van der Waals surface area contributed by atoms with Crippen LogP contribution in [0.25, 0.3) is 0 Å². The molecule has 12 rings (SSSR count). The van der Waals surface area contributed by atoms with Gasteiger partial charge in [0.25, 0.3) is 0 Å². The van der Waals surface area contributed by atoms with Crippen LogP contribution in [0.2, 0.25) is 0 Å². The van der Waals surface area contributed by atoms with Gasteiger partial charge >= 0.3 is 0 Å². The monoisotopic (exact) mass is 884 g/mol. The van der Waals surface area contributed by atoms with Gasteiger partial charge in [0, 0.05) is 58.1 Å². The molecule has 6 atom stereocenters. The molecule has 5 nitrogen and oxygen atoms in total. The first-order chi connectivity index (χ1) is 32.5. The highest BCUT2D eigenvalue weighted by atomic mass is 15.3. The van der Waals surface area contributed by atoms with Gasteiger partial charge in [-0.15, -0.1) is 0 Å². The summed E-state index contributed by atoms with van der Waals surface area (Å²) in [6, 6.07) is 9.97. The fraction of sp³-hybridized carbons (Fsp3) is 0.387. The molecule has 1 saturated heterocycles. The van der Waals surface area contributed by atoms with Crippen molar-refractivity contribution in [2.45, 2.75) is 124 Å². The normalized spacial score (nSPS) is 29.6. The van der Waals surface area contributed by atoms with Crippen molar-refractivity contribution in [3.05, 3.63) is 214 Å². The highest BCUT2D eigenvalue weighted by molar-refractivity contribution is 5.82. The van der Waals surface area contributed by atoms with Crippen LogP contribution in [0.3, 0.4) is 0 Å². The molecule has 11 aliphatic rings. The molecular weight excluding hydrogens is 815 g/mol. The van der Waals surface area contributed by atoms with Crippen LogP contribution in [0.1, 0.15) is 106 Å². The minimum Gasteiger partial charge on any atom is -0.341 e. The fourth-order valence-corrected chi connectivity index (χ4v) is 13.0. The van der Waals surface area contributed by atoms with Crippen molar-refractivity contribution >= 4 is 11.4 Å². The van der Waals surface area contributed by atoms with E-state index in [4.69, 9.17) is 0 Å². The van der Waals surface area contributed by atoms with Crippen molar-refractivity contribution in [2.75, 3.05) is 9.80 Å². The first-order valence-corrected chi connectivity index (χ1v) is 25.7. The average molecular weight is 884 g/mol. The molecule has 3 heterocycles. The molecule has 67 heavy (non-hydrogen) atoms. The predicted octanol–water partition coefficient (Wildman–Crippen LogP) is 14.8. The Labute approximate surface area is 401 Å². The second-order valence-corrected chi connectivity index (χ2v) is 22.6. The number of para-hydroxylation sites is 2. The van der Waals surface area contributed by atoms with Gasteiger partial charge in [-0.2, -0.15) is 0 Å². The quantitative estimate of drug-likeness (QED) is 0.292. The molecule has 0 N–H and O–H groups in total. The third kappa shape index (κ3) is 7.17. The Balaban J connectivity index is 1.02. The summed E-state index contributed by atoms with van der Waals surface area (Å²) in [5.74, 6) is 1.48. The number of nitrogens with zero attached hydrogens (tertiary/aromatic N) is 5. The molecule has 5 heteroatoms. The van der Waals surface area contributed by atoms with E-state index < -0.39 is 0 Å². The van der Waals surface area contributed by atoms with E-state index in [2.05, 4.69) is 218 Å². The molecule has 342 valence electrons. The Hall–Kier alpha value is -5.94. The van der Waals surface area contributed by atoms with Gasteiger partial charge in [-0.3, -0.25) is 0 Å². The molecule has 0 bridgehead atoms. The number of benzene rings is 1. The van der Waals surface area contributed by atoms with Crippen LogP contribution in [0.15, 0.2) is 214 Å². The van der Waals surface area contributed by atoms with Gasteiger partial charge in [0.1, 0.15) is 0 Å². The summed E-state index contributed by atoms with van der Waals surface area (Å²) in [5.41, 5.74) is 18.3. The summed E-state index contributed by atoms with van der Waals surface area (Å²) in [4.78, 5) is 13.6. The van der Waals surface area contributed by atoms with Gasteiger partial charge in [0.15, 0.2) is 0 Å². The number of hydrogen-bond acceptors (Lipinski definition) is 5. The molecule has 3 aliphatic heterocycles. The van der Waals surface area contributed by atoms with Crippen molar-refractivity contribution in [3.63, 3.8) is 0 Å². The lowest BCUT2D eigenvalue weighted by atomic mass is 9.77. The number of hydrogen-bond donors (Lipinski definition) is 0. The SMILES string of the molecule is CC(C)(C)C1=CCC(N2C3=C(CCC=C3)N(C3C=C(N4C5=C(CCC=C5)N(C5=CCC(C(C)(C)C)C=C5)C5=C4CCC=C5)C=C(N4C5=CC=CCC5C5C=CC=CC54)C3)c3ccccc32)C=C1. The van der Waals surface area contributed by atoms with Gasteiger partial charge in [-0.1, -0.05) is 139 Å². The maximum atomic E-state index is 2.79. The smallest absolute Gasteiger partial charge is 0.0658 e. The fourth-order valence-electron chi connectivity index (χ4n) is 13.0. The second kappa shape index (κ2) is 16.4. The van der Waals surface area contributed by atoms with Crippen molar-refractivity contribution in [3.8, 4) is 0 Å². The third-order valence-electron chi connectivity index (χ3n) is 16.4. The topological polar surface area (TPSA) is 16.2 Å². The van der Waals surface area contributed by atoms with Crippen molar-refractivity contribution in [2.24, 2.45) is 28.6 Å². The Kier molecular flexibility index (Phi) is 10.4. The van der Waals surface area contributed by atoms with Crippen LogP contribution in [0.4, 0.5) is 11.4 Å². The number of rotatable bonds is 5. The largest absolute Gasteiger partial charge is 0.341 e. The summed E-state index contributed by atoms with van der Waals surface area (Å²) in [6.45, 7) is 14.1. The summed E-state index contributed by atoms with van der Waals surface area (Å²) in [6.07, 6.45) is 61.7. The molecule has 1 aromatic carbocycles. The standard InChI is InChI=1S/C62H69N5/c1-61(2,3)42-31-35-44(36-32-42)63-53-23-11-15-27-57(53)66(58-28-16-12-24-54(58)63)47-39-46(65-51-21-9-7-19-49(51)50-20-8-10-22-52(50)65)40-48(41-47)67-59-29-17-13-25-55(59)64(56-26-14-18-30-60(56)67)45-37-33-43(34-38-45)62(4,5)6/h7-13,15,18-19,21-25,27,30-33,35,37-38,40-41,43-44,47,49-51H,14,16-17,20,26,28-29,34,36,39H2,1-6H3. The minimum absolute atomic E-state index is 0.0978. The Morgan fingerprint density at radius 3 is 1.93 bits per heavy atom. The van der Waals surface area contributed by atoms with E-state index in [1.807, 2.05) is 0 Å². The molecule has 1 fully saturated rings. The molecule has 0 aromatic heterocycles. The van der Waals surface area contributed by atoms with E-state index in [0.717, 1.165) is 64.2 Å². The van der Waals surface area contributed by atoms with E-state index in [1.54, 1.807) is 0 Å². The minimum atomic E-state index is 0.0978. The molecule has 0 amide bonds. The van der Waals surface area contributed by atoms with Crippen LogP contribution < -0.4 is 9.80 Å². The summed E-state index contributed by atoms with van der Waals surface area (Å²) in [5, 5.41) is 0. The first kappa shape index (κ1) is 42.4. The zero-order chi connectivity index (χ0) is 45.6. The summed E-state index contributed by atoms with van der Waals surface area (Å²) < 4.78 is 0. The lowest BCUT2D eigenvalue weighted by Crippen LogP contribution is -2.47. The summed E-state index contributed by atoms with van der Waals surface area (Å²) >= 11 is 0. The molecule has 0 spiro atoms. The number of anilines is 2. The van der Waals surface area contributed by atoms with E-state index in [1.165, 1.54) is 73.9 Å². The highest BCUT2D eigenvalue weighted by Gasteiger charge is 2.47. The molecular formula is C62H69N5. The van der Waals surface area contributed by atoms with Crippen LogP contribution in [-0.4, -0.2) is 32.8 Å². The highest BCUT2D eigenvalue weighted by Crippen LogP contribution is 2.53. The summed E-state index contributed by atoms with van der Waals surface area (Å²) in [7, 11) is 0. The van der Waals surface area contributed by atoms with Crippen LogP contribution >= 0.6 is 0 Å². The van der Waals surface area contributed by atoms with Gasteiger partial charge in [0.05, 0.1) is 46.6 Å². The van der Waals surface area contributed by atoms with Gasteiger partial charge in [0.2, 0.25) is 0 Å². The molecule has 0 saturated carbocycles. The Morgan fingerprint density at radius 2 is 1.25 bits per heavy atom. The lowest BCUT2D eigenvalue weighted by Gasteiger charge is -2.50. The zero-order valence-electron chi connectivity index (χ0n) is 40.7. The second-order valence-electron chi connectivity index (χ2n) is 22.6. The Morgan fingerprint density at radius 1 is 0.567 bits per heavy atom. The maximum Gasteiger partial charge on any atom is 0.0658 e. The number of allylic oxidation sites excluding steroid dienone is 21. The molecule has 8 aliphatic carbocycles. The van der Waals surface area contributed by atoms with Gasteiger partial charge < -0.3 is 24.5 Å². The molecule has 0 radical (unpaired) electrons. The van der Waals surface area contributed by atoms with Gasteiger partial charge in [-0.25, -0.2) is 0 Å². The van der Waals surface area contributed by atoms with E-state index in [0.29, 0.717) is 23.8 Å². The van der Waals surface area contributed by atoms with Crippen LogP contribution in [0.5, 0.6) is 0 Å².